The molecular formula is C29H42N2O4. The van der Waals surface area contributed by atoms with E-state index in [1.165, 1.54) is 35.2 Å². The van der Waals surface area contributed by atoms with E-state index in [0.717, 1.165) is 64.6 Å². The molecule has 6 heteroatoms. The molecule has 0 aromatic heterocycles. The highest BCUT2D eigenvalue weighted by Gasteiger charge is 2.27. The van der Waals surface area contributed by atoms with E-state index >= 15 is 0 Å². The second-order valence-corrected chi connectivity index (χ2v) is 9.58. The van der Waals surface area contributed by atoms with Gasteiger partial charge in [-0.1, -0.05) is 43.7 Å². The molecule has 4 rings (SSSR count). The van der Waals surface area contributed by atoms with Crippen molar-refractivity contribution in [1.82, 2.24) is 5.32 Å². The summed E-state index contributed by atoms with van der Waals surface area (Å²) < 4.78 is 23.3. The summed E-state index contributed by atoms with van der Waals surface area (Å²) in [7, 11) is 1.72. The van der Waals surface area contributed by atoms with Crippen LogP contribution >= 0.6 is 0 Å². The monoisotopic (exact) mass is 482 g/mol. The molecule has 2 atom stereocenters. The van der Waals surface area contributed by atoms with Crippen LogP contribution in [0.25, 0.3) is 0 Å². The van der Waals surface area contributed by atoms with Gasteiger partial charge < -0.3 is 29.2 Å². The van der Waals surface area contributed by atoms with Crippen LogP contribution in [0.5, 0.6) is 5.75 Å². The van der Waals surface area contributed by atoms with Crippen LogP contribution < -0.4 is 15.0 Å². The Bertz CT molecular complexity index is 889. The highest BCUT2D eigenvalue weighted by molar-refractivity contribution is 5.61. The van der Waals surface area contributed by atoms with Crippen molar-refractivity contribution in [3.63, 3.8) is 0 Å². The number of ether oxygens (including phenoxy) is 4. The van der Waals surface area contributed by atoms with Crippen LogP contribution in [0.1, 0.15) is 55.2 Å². The molecule has 2 aromatic carbocycles. The molecular weight excluding hydrogens is 440 g/mol. The largest absolute Gasteiger partial charge is 0.490 e. The van der Waals surface area contributed by atoms with E-state index in [1.807, 2.05) is 0 Å². The van der Waals surface area contributed by atoms with Gasteiger partial charge in [-0.25, -0.2) is 0 Å². The molecule has 0 spiro atoms. The summed E-state index contributed by atoms with van der Waals surface area (Å²) in [6, 6.07) is 15.4. The molecule has 2 aliphatic heterocycles. The third-order valence-electron chi connectivity index (χ3n) is 6.97. The Balaban J connectivity index is 1.34. The predicted molar refractivity (Wildman–Crippen MR) is 140 cm³/mol. The van der Waals surface area contributed by atoms with Crippen molar-refractivity contribution >= 4 is 5.69 Å². The van der Waals surface area contributed by atoms with E-state index in [9.17, 15) is 0 Å². The van der Waals surface area contributed by atoms with E-state index in [-0.39, 0.29) is 6.10 Å². The fraction of sp³-hybridized carbons (Fsp3) is 0.586. The van der Waals surface area contributed by atoms with Gasteiger partial charge in [0.2, 0.25) is 0 Å². The van der Waals surface area contributed by atoms with Gasteiger partial charge in [-0.15, -0.1) is 0 Å². The smallest absolute Gasteiger partial charge is 0.142 e. The van der Waals surface area contributed by atoms with Crippen molar-refractivity contribution in [2.45, 2.75) is 57.8 Å². The molecule has 1 saturated heterocycles. The van der Waals surface area contributed by atoms with Crippen LogP contribution in [-0.4, -0.2) is 59.2 Å². The summed E-state index contributed by atoms with van der Waals surface area (Å²) in [5.74, 6) is 1.39. The zero-order chi connectivity index (χ0) is 24.3. The summed E-state index contributed by atoms with van der Waals surface area (Å²) in [6.45, 7) is 9.69. The molecule has 1 unspecified atom stereocenters. The zero-order valence-corrected chi connectivity index (χ0v) is 21.5. The summed E-state index contributed by atoms with van der Waals surface area (Å²) in [4.78, 5) is 2.46. The highest BCUT2D eigenvalue weighted by atomic mass is 16.5. The predicted octanol–water partition coefficient (Wildman–Crippen LogP) is 4.90. The number of nitrogens with one attached hydrogen (secondary N) is 1. The molecule has 0 radical (unpaired) electrons. The Morgan fingerprint density at radius 3 is 2.71 bits per heavy atom. The van der Waals surface area contributed by atoms with Crippen molar-refractivity contribution in [3.05, 3.63) is 59.2 Å². The maximum Gasteiger partial charge on any atom is 0.142 e. The minimum atomic E-state index is 0.156. The molecule has 1 N–H and O–H groups in total. The van der Waals surface area contributed by atoms with Gasteiger partial charge in [0, 0.05) is 39.3 Å². The van der Waals surface area contributed by atoms with Crippen molar-refractivity contribution in [3.8, 4) is 5.75 Å². The molecule has 0 saturated carbocycles. The molecule has 2 aromatic rings. The number of fused-ring (bicyclic) bond motifs is 1. The van der Waals surface area contributed by atoms with Crippen LogP contribution in [0.15, 0.2) is 42.5 Å². The normalized spacial score (nSPS) is 19.9. The van der Waals surface area contributed by atoms with E-state index in [0.29, 0.717) is 19.1 Å². The van der Waals surface area contributed by atoms with Crippen molar-refractivity contribution in [2.24, 2.45) is 0 Å². The minimum Gasteiger partial charge on any atom is -0.490 e. The van der Waals surface area contributed by atoms with E-state index in [4.69, 9.17) is 18.9 Å². The number of nitrogens with zero attached hydrogens (tertiary/aromatic N) is 1. The number of hydrogen-bond donors (Lipinski definition) is 1. The van der Waals surface area contributed by atoms with E-state index in [1.54, 1.807) is 7.11 Å². The van der Waals surface area contributed by atoms with Crippen LogP contribution in [0, 0.1) is 0 Å². The van der Waals surface area contributed by atoms with Gasteiger partial charge in [-0.2, -0.15) is 0 Å². The molecule has 2 heterocycles. The third kappa shape index (κ3) is 7.43. The Labute approximate surface area is 210 Å². The van der Waals surface area contributed by atoms with Gasteiger partial charge in [-0.05, 0) is 54.6 Å². The maximum absolute atomic E-state index is 6.52. The number of unbranched alkanes of at least 4 members (excludes halogenated alkanes) is 1. The summed E-state index contributed by atoms with van der Waals surface area (Å²) in [5.41, 5.74) is 4.98. The summed E-state index contributed by atoms with van der Waals surface area (Å²) >= 11 is 0. The second kappa shape index (κ2) is 13.8. The average molecular weight is 483 g/mol. The first-order chi connectivity index (χ1) is 17.3. The van der Waals surface area contributed by atoms with Crippen molar-refractivity contribution in [1.29, 1.82) is 0 Å². The molecule has 2 aliphatic rings. The minimum absolute atomic E-state index is 0.156. The van der Waals surface area contributed by atoms with Crippen LogP contribution in [-0.2, 0) is 27.4 Å². The number of piperidine rings is 1. The van der Waals surface area contributed by atoms with Gasteiger partial charge >= 0.3 is 0 Å². The molecule has 6 nitrogen and oxygen atoms in total. The van der Waals surface area contributed by atoms with Gasteiger partial charge in [0.1, 0.15) is 12.4 Å². The Hall–Kier alpha value is -2.12. The first-order valence-electron chi connectivity index (χ1n) is 13.3. The van der Waals surface area contributed by atoms with Crippen LogP contribution in [0.3, 0.4) is 0 Å². The first kappa shape index (κ1) is 26.0. The summed E-state index contributed by atoms with van der Waals surface area (Å²) in [6.07, 6.45) is 4.57. The lowest BCUT2D eigenvalue weighted by atomic mass is 9.87. The van der Waals surface area contributed by atoms with Crippen molar-refractivity contribution < 1.29 is 18.9 Å². The lowest BCUT2D eigenvalue weighted by Crippen LogP contribution is -2.41. The molecule has 1 fully saturated rings. The molecule has 35 heavy (non-hydrogen) atoms. The fourth-order valence-electron chi connectivity index (χ4n) is 4.94. The van der Waals surface area contributed by atoms with E-state index < -0.39 is 0 Å². The Morgan fingerprint density at radius 2 is 1.89 bits per heavy atom. The first-order valence-corrected chi connectivity index (χ1v) is 13.3. The quantitative estimate of drug-likeness (QED) is 0.410. The maximum atomic E-state index is 6.52. The SMILES string of the molecule is CCCCN1CCOc2ccc(CO[C@H]3CNCCC3c3ccc(COCCCOC)cc3)cc21. The number of anilines is 1. The highest BCUT2D eigenvalue weighted by Crippen LogP contribution is 2.34. The standard InChI is InChI=1S/C29H42N2O4/c1-3-4-14-31-15-18-34-28-11-8-24(19-27(28)31)22-35-29-20-30-13-12-26(29)25-9-6-23(7-10-25)21-33-17-5-16-32-2/h6-11,19,26,29-30H,3-5,12-18,20-22H2,1-2H3/t26?,29-/m0/s1. The molecule has 0 bridgehead atoms. The number of methoxy groups -OCH3 is 1. The summed E-state index contributed by atoms with van der Waals surface area (Å²) in [5, 5.41) is 3.52. The van der Waals surface area contributed by atoms with E-state index in [2.05, 4.69) is 59.6 Å². The topological polar surface area (TPSA) is 52.2 Å². The Kier molecular flexibility index (Phi) is 10.3. The zero-order valence-electron chi connectivity index (χ0n) is 21.5. The van der Waals surface area contributed by atoms with Crippen molar-refractivity contribution in [2.75, 3.05) is 58.0 Å². The van der Waals surface area contributed by atoms with Gasteiger partial charge in [0.15, 0.2) is 0 Å². The average Bonchev–Trinajstić information content (AvgIpc) is 2.91. The van der Waals surface area contributed by atoms with Gasteiger partial charge in [-0.3, -0.25) is 0 Å². The van der Waals surface area contributed by atoms with Crippen LogP contribution in [0.2, 0.25) is 0 Å². The lowest BCUT2D eigenvalue weighted by Gasteiger charge is -2.33. The number of hydrogen-bond acceptors (Lipinski definition) is 6. The second-order valence-electron chi connectivity index (χ2n) is 9.58. The molecule has 0 amide bonds. The third-order valence-corrected chi connectivity index (χ3v) is 6.97. The number of benzene rings is 2. The molecule has 192 valence electrons. The Morgan fingerprint density at radius 1 is 1.03 bits per heavy atom. The number of rotatable bonds is 13. The lowest BCUT2D eigenvalue weighted by molar-refractivity contribution is 0.0106. The van der Waals surface area contributed by atoms with Crippen LogP contribution in [0.4, 0.5) is 5.69 Å². The molecule has 0 aliphatic carbocycles. The van der Waals surface area contributed by atoms with Gasteiger partial charge in [0.05, 0.1) is 31.5 Å². The van der Waals surface area contributed by atoms with Gasteiger partial charge in [0.25, 0.3) is 0 Å². The fourth-order valence-corrected chi connectivity index (χ4v) is 4.94.